The molecule has 1 atom stereocenters. The maximum absolute atomic E-state index is 12.4. The molecular formula is C19H23NO3S. The minimum atomic E-state index is -0.0528. The van der Waals surface area contributed by atoms with Gasteiger partial charge in [0, 0.05) is 10.5 Å². The topological polar surface area (TPSA) is 47.6 Å². The highest BCUT2D eigenvalue weighted by atomic mass is 32.2. The van der Waals surface area contributed by atoms with Crippen molar-refractivity contribution < 1.29 is 14.3 Å². The van der Waals surface area contributed by atoms with Crippen LogP contribution in [0.4, 0.5) is 0 Å². The van der Waals surface area contributed by atoms with Gasteiger partial charge < -0.3 is 14.8 Å². The number of hydrogen-bond acceptors (Lipinski definition) is 4. The highest BCUT2D eigenvalue weighted by Gasteiger charge is 2.13. The summed E-state index contributed by atoms with van der Waals surface area (Å²) in [6.07, 6.45) is 2.29. The summed E-state index contributed by atoms with van der Waals surface area (Å²) in [5, 5.41) is 3.03. The van der Waals surface area contributed by atoms with E-state index >= 15 is 0 Å². The number of carbonyl (C=O) groups is 1. The van der Waals surface area contributed by atoms with Crippen LogP contribution >= 0.6 is 11.8 Å². The van der Waals surface area contributed by atoms with E-state index in [1.807, 2.05) is 43.5 Å². The third-order valence-electron chi connectivity index (χ3n) is 3.83. The summed E-state index contributed by atoms with van der Waals surface area (Å²) < 4.78 is 10.5. The lowest BCUT2D eigenvalue weighted by Gasteiger charge is -2.16. The summed E-state index contributed by atoms with van der Waals surface area (Å²) in [6, 6.07) is 13.6. The second-order valence-electron chi connectivity index (χ2n) is 5.42. The molecule has 0 bridgehead atoms. The third-order valence-corrected chi connectivity index (χ3v) is 4.58. The number of rotatable bonds is 7. The molecule has 1 N–H and O–H groups in total. The summed E-state index contributed by atoms with van der Waals surface area (Å²) in [7, 11) is 3.20. The fourth-order valence-corrected chi connectivity index (χ4v) is 2.87. The Hall–Kier alpha value is -2.14. The molecular weight excluding hydrogens is 322 g/mol. The Balaban J connectivity index is 2.04. The minimum Gasteiger partial charge on any atom is -0.497 e. The van der Waals surface area contributed by atoms with E-state index in [-0.39, 0.29) is 18.4 Å². The van der Waals surface area contributed by atoms with E-state index in [4.69, 9.17) is 9.47 Å². The van der Waals surface area contributed by atoms with Crippen LogP contribution in [0.3, 0.4) is 0 Å². The molecule has 0 heterocycles. The largest absolute Gasteiger partial charge is 0.497 e. The zero-order valence-electron chi connectivity index (χ0n) is 14.5. The fourth-order valence-electron chi connectivity index (χ4n) is 2.46. The van der Waals surface area contributed by atoms with E-state index < -0.39 is 0 Å². The second kappa shape index (κ2) is 8.64. The molecule has 0 fully saturated rings. The lowest BCUT2D eigenvalue weighted by molar-refractivity contribution is -0.121. The molecule has 2 rings (SSSR count). The zero-order chi connectivity index (χ0) is 17.5. The average molecular weight is 345 g/mol. The van der Waals surface area contributed by atoms with Crippen LogP contribution in [0.15, 0.2) is 47.4 Å². The first kappa shape index (κ1) is 18.2. The minimum absolute atomic E-state index is 0.0509. The molecule has 0 aromatic heterocycles. The van der Waals surface area contributed by atoms with E-state index in [1.165, 1.54) is 4.90 Å². The second-order valence-corrected chi connectivity index (χ2v) is 6.30. The number of nitrogens with one attached hydrogen (secondary N) is 1. The number of carbonyl (C=O) groups excluding carboxylic acids is 1. The quantitative estimate of drug-likeness (QED) is 0.775. The Morgan fingerprint density at radius 3 is 2.42 bits per heavy atom. The van der Waals surface area contributed by atoms with E-state index in [9.17, 15) is 4.79 Å². The molecule has 24 heavy (non-hydrogen) atoms. The predicted molar refractivity (Wildman–Crippen MR) is 98.0 cm³/mol. The average Bonchev–Trinajstić information content (AvgIpc) is 2.61. The number of amides is 1. The molecule has 0 saturated heterocycles. The molecule has 128 valence electrons. The van der Waals surface area contributed by atoms with Crippen LogP contribution < -0.4 is 14.8 Å². The van der Waals surface area contributed by atoms with Gasteiger partial charge in [0.1, 0.15) is 11.5 Å². The Morgan fingerprint density at radius 2 is 1.83 bits per heavy atom. The summed E-state index contributed by atoms with van der Waals surface area (Å²) in [5.74, 6) is 1.34. The smallest absolute Gasteiger partial charge is 0.225 e. The van der Waals surface area contributed by atoms with Crippen molar-refractivity contribution in [2.75, 3.05) is 20.5 Å². The van der Waals surface area contributed by atoms with Crippen molar-refractivity contribution in [2.24, 2.45) is 0 Å². The Bertz CT molecular complexity index is 686. The van der Waals surface area contributed by atoms with Crippen LogP contribution in [-0.4, -0.2) is 26.4 Å². The molecule has 0 aliphatic rings. The molecule has 4 nitrogen and oxygen atoms in total. The predicted octanol–water partition coefficient (Wildman–Crippen LogP) is 3.85. The SMILES string of the molecule is COc1ccc(OC)c(CC(=O)N[C@@H](C)c2ccc(SC)cc2)c1. The van der Waals surface area contributed by atoms with Crippen molar-refractivity contribution >= 4 is 17.7 Å². The van der Waals surface area contributed by atoms with Gasteiger partial charge in [-0.05, 0) is 49.1 Å². The summed E-state index contributed by atoms with van der Waals surface area (Å²) >= 11 is 1.70. The molecule has 2 aromatic rings. The monoisotopic (exact) mass is 345 g/mol. The fraction of sp³-hybridized carbons (Fsp3) is 0.316. The van der Waals surface area contributed by atoms with Gasteiger partial charge >= 0.3 is 0 Å². The summed E-state index contributed by atoms with van der Waals surface area (Å²) in [4.78, 5) is 13.6. The van der Waals surface area contributed by atoms with Gasteiger partial charge in [-0.2, -0.15) is 0 Å². The highest BCUT2D eigenvalue weighted by molar-refractivity contribution is 7.98. The highest BCUT2D eigenvalue weighted by Crippen LogP contribution is 2.25. The van der Waals surface area contributed by atoms with Crippen LogP contribution in [0.2, 0.25) is 0 Å². The van der Waals surface area contributed by atoms with Crippen LogP contribution in [0.25, 0.3) is 0 Å². The molecule has 0 unspecified atom stereocenters. The maximum atomic E-state index is 12.4. The molecule has 0 saturated carbocycles. The first-order valence-electron chi connectivity index (χ1n) is 7.71. The van der Waals surface area contributed by atoms with Crippen molar-refractivity contribution in [1.29, 1.82) is 0 Å². The van der Waals surface area contributed by atoms with Gasteiger partial charge in [0.25, 0.3) is 0 Å². The number of benzene rings is 2. The number of hydrogen-bond donors (Lipinski definition) is 1. The van der Waals surface area contributed by atoms with Gasteiger partial charge in [-0.1, -0.05) is 12.1 Å². The van der Waals surface area contributed by atoms with Crippen molar-refractivity contribution in [1.82, 2.24) is 5.32 Å². The van der Waals surface area contributed by atoms with Gasteiger partial charge in [0.05, 0.1) is 26.7 Å². The third kappa shape index (κ3) is 4.68. The van der Waals surface area contributed by atoms with E-state index in [0.29, 0.717) is 11.5 Å². The van der Waals surface area contributed by atoms with Gasteiger partial charge in [0.2, 0.25) is 5.91 Å². The van der Waals surface area contributed by atoms with Crippen LogP contribution in [-0.2, 0) is 11.2 Å². The van der Waals surface area contributed by atoms with Gasteiger partial charge in [-0.15, -0.1) is 11.8 Å². The van der Waals surface area contributed by atoms with Crippen LogP contribution in [0.5, 0.6) is 11.5 Å². The van der Waals surface area contributed by atoms with E-state index in [0.717, 1.165) is 11.1 Å². The molecule has 0 spiro atoms. The van der Waals surface area contributed by atoms with Crippen molar-refractivity contribution in [3.63, 3.8) is 0 Å². The van der Waals surface area contributed by atoms with Crippen LogP contribution in [0.1, 0.15) is 24.1 Å². The number of methoxy groups -OCH3 is 2. The van der Waals surface area contributed by atoms with Gasteiger partial charge in [-0.25, -0.2) is 0 Å². The van der Waals surface area contributed by atoms with Gasteiger partial charge in [-0.3, -0.25) is 4.79 Å². The van der Waals surface area contributed by atoms with Crippen molar-refractivity contribution in [2.45, 2.75) is 24.3 Å². The van der Waals surface area contributed by atoms with Crippen molar-refractivity contribution in [3.05, 3.63) is 53.6 Å². The van der Waals surface area contributed by atoms with Gasteiger partial charge in [0.15, 0.2) is 0 Å². The Labute approximate surface area is 147 Å². The normalized spacial score (nSPS) is 11.7. The Kier molecular flexibility index (Phi) is 6.55. The van der Waals surface area contributed by atoms with E-state index in [2.05, 4.69) is 17.4 Å². The molecule has 0 radical (unpaired) electrons. The molecule has 0 aliphatic heterocycles. The molecule has 5 heteroatoms. The number of ether oxygens (including phenoxy) is 2. The summed E-state index contributed by atoms with van der Waals surface area (Å²) in [5.41, 5.74) is 1.89. The van der Waals surface area contributed by atoms with Crippen LogP contribution in [0, 0.1) is 0 Å². The maximum Gasteiger partial charge on any atom is 0.225 e. The molecule has 1 amide bonds. The first-order valence-corrected chi connectivity index (χ1v) is 8.94. The van der Waals surface area contributed by atoms with E-state index in [1.54, 1.807) is 26.0 Å². The lowest BCUT2D eigenvalue weighted by Crippen LogP contribution is -2.28. The lowest BCUT2D eigenvalue weighted by atomic mass is 10.1. The van der Waals surface area contributed by atoms with Crippen molar-refractivity contribution in [3.8, 4) is 11.5 Å². The molecule has 0 aliphatic carbocycles. The summed E-state index contributed by atoms with van der Waals surface area (Å²) in [6.45, 7) is 1.98. The molecule has 2 aromatic carbocycles. The number of thioether (sulfide) groups is 1. The zero-order valence-corrected chi connectivity index (χ0v) is 15.3. The standard InChI is InChI=1S/C19H23NO3S/c1-13(14-5-8-17(24-4)9-6-14)20-19(21)12-15-11-16(22-2)7-10-18(15)23-3/h5-11,13H,12H2,1-4H3,(H,20,21)/t13-/m0/s1. The Morgan fingerprint density at radius 1 is 1.12 bits per heavy atom. The first-order chi connectivity index (χ1) is 11.6.